The van der Waals surface area contributed by atoms with Crippen LogP contribution < -0.4 is 10.9 Å². The van der Waals surface area contributed by atoms with Gasteiger partial charge < -0.3 is 10.3 Å². The Labute approximate surface area is 96.1 Å². The van der Waals surface area contributed by atoms with E-state index in [0.717, 1.165) is 12.8 Å². The normalized spacial score (nSPS) is 14.8. The quantitative estimate of drug-likeness (QED) is 0.793. The summed E-state index contributed by atoms with van der Waals surface area (Å²) in [6.07, 6.45) is 3.41. The number of amides is 1. The fraction of sp³-hybridized carbons (Fsp3) is 0.273. The number of hydrogen-bond acceptors (Lipinski definition) is 4. The summed E-state index contributed by atoms with van der Waals surface area (Å²) in [7, 11) is 0. The molecule has 0 saturated heterocycles. The summed E-state index contributed by atoms with van der Waals surface area (Å²) in [5, 5.41) is 11.0. The van der Waals surface area contributed by atoms with E-state index in [4.69, 9.17) is 0 Å². The van der Waals surface area contributed by atoms with Crippen LogP contribution in [0, 0.1) is 5.92 Å². The molecular weight excluding hydrogens is 220 g/mol. The molecule has 1 amide bonds. The van der Waals surface area contributed by atoms with Crippen LogP contribution in [0.4, 0.5) is 5.82 Å². The third-order valence-corrected chi connectivity index (χ3v) is 2.72. The minimum atomic E-state index is -0.282. The van der Waals surface area contributed by atoms with Crippen LogP contribution in [0.15, 0.2) is 23.1 Å². The summed E-state index contributed by atoms with van der Waals surface area (Å²) in [6, 6.07) is 3.37. The molecule has 1 aliphatic rings. The predicted octanol–water partition coefficient (Wildman–Crippen LogP) is 0.667. The molecule has 0 unspecified atom stereocenters. The number of hydrogen-bond donors (Lipinski definition) is 2. The van der Waals surface area contributed by atoms with Crippen LogP contribution in [0.5, 0.6) is 0 Å². The number of carbonyl (C=O) groups excluding carboxylic acids is 1. The van der Waals surface area contributed by atoms with Gasteiger partial charge in [-0.3, -0.25) is 9.59 Å². The van der Waals surface area contributed by atoms with Crippen LogP contribution in [-0.2, 0) is 4.79 Å². The summed E-state index contributed by atoms with van der Waals surface area (Å²) in [4.78, 5) is 25.4. The maximum absolute atomic E-state index is 11.5. The minimum absolute atomic E-state index is 0.0245. The van der Waals surface area contributed by atoms with Crippen LogP contribution in [0.1, 0.15) is 12.8 Å². The highest BCUT2D eigenvalue weighted by molar-refractivity contribution is 5.94. The van der Waals surface area contributed by atoms with Crippen LogP contribution in [0.25, 0.3) is 10.9 Å². The summed E-state index contributed by atoms with van der Waals surface area (Å²) in [5.41, 5.74) is -0.00742. The zero-order chi connectivity index (χ0) is 11.8. The lowest BCUT2D eigenvalue weighted by Gasteiger charge is -2.02. The van der Waals surface area contributed by atoms with Crippen molar-refractivity contribution in [1.82, 2.24) is 15.2 Å². The van der Waals surface area contributed by atoms with Crippen molar-refractivity contribution in [3.63, 3.8) is 0 Å². The average molecular weight is 230 g/mol. The Kier molecular flexibility index (Phi) is 2.14. The van der Waals surface area contributed by atoms with Crippen molar-refractivity contribution in [2.45, 2.75) is 12.8 Å². The SMILES string of the molecule is O=C(Nc1cc2cc[nH]c(=O)c2nn1)C1CC1. The van der Waals surface area contributed by atoms with E-state index < -0.39 is 0 Å². The van der Waals surface area contributed by atoms with Gasteiger partial charge in [0.05, 0.1) is 0 Å². The Morgan fingerprint density at radius 1 is 1.41 bits per heavy atom. The van der Waals surface area contributed by atoms with Gasteiger partial charge in [0.2, 0.25) is 5.91 Å². The zero-order valence-corrected chi connectivity index (χ0v) is 8.93. The van der Waals surface area contributed by atoms with Crippen LogP contribution in [0.2, 0.25) is 0 Å². The number of carbonyl (C=O) groups is 1. The van der Waals surface area contributed by atoms with Crippen molar-refractivity contribution >= 4 is 22.6 Å². The van der Waals surface area contributed by atoms with Gasteiger partial charge in [0.1, 0.15) is 0 Å². The zero-order valence-electron chi connectivity index (χ0n) is 8.93. The van der Waals surface area contributed by atoms with Crippen molar-refractivity contribution in [3.8, 4) is 0 Å². The summed E-state index contributed by atoms with van der Waals surface area (Å²) < 4.78 is 0. The highest BCUT2D eigenvalue weighted by Gasteiger charge is 2.29. The van der Waals surface area contributed by atoms with E-state index in [1.165, 1.54) is 0 Å². The molecule has 6 nitrogen and oxygen atoms in total. The molecule has 0 aromatic carbocycles. The molecule has 2 heterocycles. The maximum Gasteiger partial charge on any atom is 0.276 e. The number of H-pyrrole nitrogens is 1. The molecule has 1 fully saturated rings. The highest BCUT2D eigenvalue weighted by Crippen LogP contribution is 2.29. The van der Waals surface area contributed by atoms with Crippen LogP contribution in [0.3, 0.4) is 0 Å². The molecule has 6 heteroatoms. The Morgan fingerprint density at radius 2 is 2.24 bits per heavy atom. The van der Waals surface area contributed by atoms with E-state index in [0.29, 0.717) is 11.2 Å². The van der Waals surface area contributed by atoms with Gasteiger partial charge in [-0.25, -0.2) is 0 Å². The smallest absolute Gasteiger partial charge is 0.276 e. The van der Waals surface area contributed by atoms with Gasteiger partial charge in [-0.05, 0) is 25.0 Å². The van der Waals surface area contributed by atoms with Gasteiger partial charge in [-0.15, -0.1) is 10.2 Å². The largest absolute Gasteiger partial charge is 0.327 e. The number of nitrogens with one attached hydrogen (secondary N) is 2. The Morgan fingerprint density at radius 3 is 3.00 bits per heavy atom. The van der Waals surface area contributed by atoms with Gasteiger partial charge in [0.25, 0.3) is 5.56 Å². The molecule has 2 N–H and O–H groups in total. The van der Waals surface area contributed by atoms with Crippen molar-refractivity contribution in [2.24, 2.45) is 5.92 Å². The first-order chi connectivity index (χ1) is 8.24. The molecular formula is C11H10N4O2. The first-order valence-electron chi connectivity index (χ1n) is 5.40. The number of aromatic nitrogens is 3. The van der Waals surface area contributed by atoms with Gasteiger partial charge in [-0.2, -0.15) is 0 Å². The van der Waals surface area contributed by atoms with Crippen LogP contribution >= 0.6 is 0 Å². The molecule has 0 spiro atoms. The monoisotopic (exact) mass is 230 g/mol. The standard InChI is InChI=1S/C11H10N4O2/c16-10(6-1-2-6)13-8-5-7-3-4-12-11(17)9(7)15-14-8/h3-6H,1-2H2,(H,12,17)(H,13,14,16). The number of anilines is 1. The fourth-order valence-electron chi connectivity index (χ4n) is 1.62. The first kappa shape index (κ1) is 9.95. The molecule has 2 aromatic heterocycles. The molecule has 0 bridgehead atoms. The maximum atomic E-state index is 11.5. The Bertz CT molecular complexity index is 645. The molecule has 1 saturated carbocycles. The number of aromatic amines is 1. The third-order valence-electron chi connectivity index (χ3n) is 2.72. The third kappa shape index (κ3) is 1.89. The van der Waals surface area contributed by atoms with Crippen molar-refractivity contribution in [2.75, 3.05) is 5.32 Å². The number of pyridine rings is 1. The highest BCUT2D eigenvalue weighted by atomic mass is 16.2. The molecule has 3 rings (SSSR count). The topological polar surface area (TPSA) is 87.7 Å². The average Bonchev–Trinajstić information content (AvgIpc) is 3.13. The lowest BCUT2D eigenvalue weighted by Crippen LogP contribution is -2.15. The molecule has 17 heavy (non-hydrogen) atoms. The van der Waals surface area contributed by atoms with E-state index in [9.17, 15) is 9.59 Å². The predicted molar refractivity (Wildman–Crippen MR) is 61.5 cm³/mol. The van der Waals surface area contributed by atoms with E-state index in [1.54, 1.807) is 18.3 Å². The van der Waals surface area contributed by atoms with E-state index in [-0.39, 0.29) is 22.9 Å². The summed E-state index contributed by atoms with van der Waals surface area (Å²) in [5.74, 6) is 0.482. The van der Waals surface area contributed by atoms with Gasteiger partial charge in [0.15, 0.2) is 11.3 Å². The van der Waals surface area contributed by atoms with Crippen molar-refractivity contribution < 1.29 is 4.79 Å². The van der Waals surface area contributed by atoms with Crippen molar-refractivity contribution in [1.29, 1.82) is 0 Å². The Balaban J connectivity index is 1.96. The first-order valence-corrected chi connectivity index (χ1v) is 5.40. The lowest BCUT2D eigenvalue weighted by molar-refractivity contribution is -0.117. The minimum Gasteiger partial charge on any atom is -0.327 e. The number of rotatable bonds is 2. The molecule has 1 aliphatic carbocycles. The lowest BCUT2D eigenvalue weighted by atomic mass is 10.3. The second-order valence-electron chi connectivity index (χ2n) is 4.10. The summed E-state index contributed by atoms with van der Waals surface area (Å²) >= 11 is 0. The number of fused-ring (bicyclic) bond motifs is 1. The summed E-state index contributed by atoms with van der Waals surface area (Å²) in [6.45, 7) is 0. The molecule has 2 aromatic rings. The van der Waals surface area contributed by atoms with Crippen molar-refractivity contribution in [3.05, 3.63) is 28.7 Å². The molecule has 0 aliphatic heterocycles. The van der Waals surface area contributed by atoms with Crippen LogP contribution in [-0.4, -0.2) is 21.1 Å². The van der Waals surface area contributed by atoms with Gasteiger partial charge >= 0.3 is 0 Å². The molecule has 86 valence electrons. The van der Waals surface area contributed by atoms with E-state index >= 15 is 0 Å². The van der Waals surface area contributed by atoms with E-state index in [2.05, 4.69) is 20.5 Å². The molecule has 0 atom stereocenters. The van der Waals surface area contributed by atoms with E-state index in [1.807, 2.05) is 0 Å². The fourth-order valence-corrected chi connectivity index (χ4v) is 1.62. The van der Waals surface area contributed by atoms with Gasteiger partial charge in [0, 0.05) is 17.5 Å². The Hall–Kier alpha value is -2.24. The second-order valence-corrected chi connectivity index (χ2v) is 4.10. The van der Waals surface area contributed by atoms with Gasteiger partial charge in [-0.1, -0.05) is 0 Å². The molecule has 0 radical (unpaired) electrons. The number of nitrogens with zero attached hydrogens (tertiary/aromatic N) is 2. The second kappa shape index (κ2) is 3.65.